The van der Waals surface area contributed by atoms with Crippen molar-refractivity contribution >= 4 is 0 Å². The van der Waals surface area contributed by atoms with Gasteiger partial charge in [-0.1, -0.05) is 39.0 Å². The Balaban J connectivity index is 1.83. The van der Waals surface area contributed by atoms with E-state index in [0.29, 0.717) is 11.5 Å². The van der Waals surface area contributed by atoms with Gasteiger partial charge in [0.15, 0.2) is 0 Å². The van der Waals surface area contributed by atoms with Crippen molar-refractivity contribution in [3.05, 3.63) is 34.9 Å². The minimum Gasteiger partial charge on any atom is -0.372 e. The smallest absolute Gasteiger partial charge is 0.0725 e. The zero-order valence-electron chi connectivity index (χ0n) is 12.3. The Kier molecular flexibility index (Phi) is 3.40. The van der Waals surface area contributed by atoms with Gasteiger partial charge in [-0.05, 0) is 47.4 Å². The zero-order valence-corrected chi connectivity index (χ0v) is 12.3. The molecule has 0 spiro atoms. The lowest BCUT2D eigenvalue weighted by molar-refractivity contribution is 0.134. The normalized spacial score (nSPS) is 25.1. The molecule has 1 aliphatic heterocycles. The van der Waals surface area contributed by atoms with E-state index >= 15 is 0 Å². The minimum absolute atomic E-state index is 0.501. The Morgan fingerprint density at radius 2 is 2.05 bits per heavy atom. The van der Waals surface area contributed by atoms with Crippen LogP contribution in [0.5, 0.6) is 0 Å². The lowest BCUT2D eigenvalue weighted by atomic mass is 9.94. The first kappa shape index (κ1) is 13.1. The number of rotatable bonds is 5. The molecule has 2 heteroatoms. The Morgan fingerprint density at radius 1 is 1.32 bits per heavy atom. The number of hydrogen-bond acceptors (Lipinski definition) is 2. The molecule has 0 bridgehead atoms. The van der Waals surface area contributed by atoms with E-state index in [-0.39, 0.29) is 0 Å². The third kappa shape index (κ3) is 2.56. The maximum Gasteiger partial charge on any atom is 0.0725 e. The minimum atomic E-state index is 0.501. The third-order valence-corrected chi connectivity index (χ3v) is 4.71. The quantitative estimate of drug-likeness (QED) is 0.868. The van der Waals surface area contributed by atoms with E-state index < -0.39 is 0 Å². The SMILES string of the molecule is CCCNC(c1ccc2c(c1)COC2)C1CC1(C)C. The fourth-order valence-electron chi connectivity index (χ4n) is 3.25. The predicted molar refractivity (Wildman–Crippen MR) is 77.9 cm³/mol. The van der Waals surface area contributed by atoms with Crippen molar-refractivity contribution in [1.82, 2.24) is 5.32 Å². The third-order valence-electron chi connectivity index (χ3n) is 4.71. The highest BCUT2D eigenvalue weighted by Gasteiger charge is 2.50. The highest BCUT2D eigenvalue weighted by molar-refractivity contribution is 5.35. The van der Waals surface area contributed by atoms with Crippen molar-refractivity contribution in [2.24, 2.45) is 11.3 Å². The number of hydrogen-bond donors (Lipinski definition) is 1. The number of fused-ring (bicyclic) bond motifs is 1. The van der Waals surface area contributed by atoms with E-state index in [0.717, 1.165) is 25.7 Å². The summed E-state index contributed by atoms with van der Waals surface area (Å²) in [6.07, 6.45) is 2.53. The van der Waals surface area contributed by atoms with Crippen LogP contribution in [0.3, 0.4) is 0 Å². The van der Waals surface area contributed by atoms with Gasteiger partial charge in [-0.3, -0.25) is 0 Å². The average Bonchev–Trinajstić information content (AvgIpc) is 2.83. The highest BCUT2D eigenvalue weighted by Crippen LogP contribution is 2.57. The molecule has 104 valence electrons. The number of nitrogens with one attached hydrogen (secondary N) is 1. The van der Waals surface area contributed by atoms with Crippen LogP contribution in [-0.2, 0) is 18.0 Å². The fraction of sp³-hybridized carbons (Fsp3) is 0.647. The summed E-state index contributed by atoms with van der Waals surface area (Å²) in [7, 11) is 0. The topological polar surface area (TPSA) is 21.3 Å². The monoisotopic (exact) mass is 259 g/mol. The van der Waals surface area contributed by atoms with Gasteiger partial charge in [-0.25, -0.2) is 0 Å². The van der Waals surface area contributed by atoms with Crippen LogP contribution >= 0.6 is 0 Å². The van der Waals surface area contributed by atoms with Gasteiger partial charge in [-0.2, -0.15) is 0 Å². The molecule has 2 unspecified atom stereocenters. The molecule has 1 fully saturated rings. The lowest BCUT2D eigenvalue weighted by Crippen LogP contribution is -2.25. The summed E-state index contributed by atoms with van der Waals surface area (Å²) in [5.41, 5.74) is 4.71. The lowest BCUT2D eigenvalue weighted by Gasteiger charge is -2.21. The standard InChI is InChI=1S/C17H25NO/c1-4-7-18-16(15-9-17(15,2)3)12-5-6-13-10-19-11-14(13)8-12/h5-6,8,15-16,18H,4,7,9-11H2,1-3H3. The highest BCUT2D eigenvalue weighted by atomic mass is 16.5. The summed E-state index contributed by atoms with van der Waals surface area (Å²) < 4.78 is 5.53. The molecule has 1 N–H and O–H groups in total. The van der Waals surface area contributed by atoms with Crippen LogP contribution in [0.15, 0.2) is 18.2 Å². The van der Waals surface area contributed by atoms with Gasteiger partial charge in [0.05, 0.1) is 13.2 Å². The van der Waals surface area contributed by atoms with Crippen molar-refractivity contribution in [2.45, 2.75) is 52.9 Å². The zero-order chi connectivity index (χ0) is 13.5. The Labute approximate surface area is 116 Å². The van der Waals surface area contributed by atoms with Gasteiger partial charge < -0.3 is 10.1 Å². The fourth-order valence-corrected chi connectivity index (χ4v) is 3.25. The van der Waals surface area contributed by atoms with Crippen molar-refractivity contribution in [3.63, 3.8) is 0 Å². The first-order valence-corrected chi connectivity index (χ1v) is 7.54. The summed E-state index contributed by atoms with van der Waals surface area (Å²) in [4.78, 5) is 0. The van der Waals surface area contributed by atoms with Gasteiger partial charge in [0.2, 0.25) is 0 Å². The van der Waals surface area contributed by atoms with Crippen LogP contribution in [0.25, 0.3) is 0 Å². The molecule has 1 aliphatic carbocycles. The van der Waals surface area contributed by atoms with Crippen LogP contribution in [0.1, 0.15) is 56.3 Å². The number of benzene rings is 1. The van der Waals surface area contributed by atoms with Crippen molar-refractivity contribution in [3.8, 4) is 0 Å². The first-order valence-electron chi connectivity index (χ1n) is 7.54. The Hall–Kier alpha value is -0.860. The van der Waals surface area contributed by atoms with Crippen LogP contribution in [0.4, 0.5) is 0 Å². The second-order valence-electron chi connectivity index (χ2n) is 6.75. The van der Waals surface area contributed by atoms with Crippen LogP contribution < -0.4 is 5.32 Å². The molecule has 2 atom stereocenters. The molecule has 0 aromatic heterocycles. The molecule has 0 amide bonds. The molecule has 1 heterocycles. The maximum absolute atomic E-state index is 5.53. The van der Waals surface area contributed by atoms with Crippen LogP contribution in [-0.4, -0.2) is 6.54 Å². The predicted octanol–water partition coefficient (Wildman–Crippen LogP) is 3.80. The van der Waals surface area contributed by atoms with Crippen molar-refractivity contribution < 1.29 is 4.74 Å². The molecule has 1 aromatic carbocycles. The van der Waals surface area contributed by atoms with E-state index in [1.807, 2.05) is 0 Å². The summed E-state index contributed by atoms with van der Waals surface area (Å²) in [6.45, 7) is 9.68. The molecule has 0 saturated heterocycles. The van der Waals surface area contributed by atoms with Crippen molar-refractivity contribution in [2.75, 3.05) is 6.54 Å². The maximum atomic E-state index is 5.53. The number of ether oxygens (including phenoxy) is 1. The van der Waals surface area contributed by atoms with Gasteiger partial charge in [-0.15, -0.1) is 0 Å². The Morgan fingerprint density at radius 3 is 2.74 bits per heavy atom. The second kappa shape index (κ2) is 4.92. The molecule has 1 aromatic rings. The molecule has 2 aliphatic rings. The first-order chi connectivity index (χ1) is 9.12. The molecule has 2 nitrogen and oxygen atoms in total. The van der Waals surface area contributed by atoms with Gasteiger partial charge in [0.1, 0.15) is 0 Å². The summed E-state index contributed by atoms with van der Waals surface area (Å²) in [6, 6.07) is 7.44. The van der Waals surface area contributed by atoms with Crippen LogP contribution in [0, 0.1) is 11.3 Å². The van der Waals surface area contributed by atoms with Gasteiger partial charge >= 0.3 is 0 Å². The molecule has 3 rings (SSSR count). The second-order valence-corrected chi connectivity index (χ2v) is 6.75. The molecular formula is C17H25NO. The summed E-state index contributed by atoms with van der Waals surface area (Å²) in [5, 5.41) is 3.75. The van der Waals surface area contributed by atoms with E-state index in [2.05, 4.69) is 44.3 Å². The largest absolute Gasteiger partial charge is 0.372 e. The molecular weight excluding hydrogens is 234 g/mol. The average molecular weight is 259 g/mol. The summed E-state index contributed by atoms with van der Waals surface area (Å²) >= 11 is 0. The summed E-state index contributed by atoms with van der Waals surface area (Å²) in [5.74, 6) is 0.777. The van der Waals surface area contributed by atoms with Crippen LogP contribution in [0.2, 0.25) is 0 Å². The van der Waals surface area contributed by atoms with E-state index in [1.165, 1.54) is 29.5 Å². The van der Waals surface area contributed by atoms with Crippen molar-refractivity contribution in [1.29, 1.82) is 0 Å². The van der Waals surface area contributed by atoms with Gasteiger partial charge in [0.25, 0.3) is 0 Å². The molecule has 19 heavy (non-hydrogen) atoms. The van der Waals surface area contributed by atoms with E-state index in [1.54, 1.807) is 0 Å². The molecule has 1 saturated carbocycles. The van der Waals surface area contributed by atoms with Gasteiger partial charge in [0, 0.05) is 6.04 Å². The molecule has 0 radical (unpaired) electrons. The van der Waals surface area contributed by atoms with E-state index in [9.17, 15) is 0 Å². The Bertz CT molecular complexity index is 466. The van der Waals surface area contributed by atoms with E-state index in [4.69, 9.17) is 4.74 Å².